The van der Waals surface area contributed by atoms with Gasteiger partial charge in [0.25, 0.3) is 0 Å². The maximum atomic E-state index is 11.0. The Morgan fingerprint density at radius 2 is 1.58 bits per heavy atom. The first-order chi connectivity index (χ1) is 9.01. The third-order valence-corrected chi connectivity index (χ3v) is 1.53. The molecular formula is C13H22O6. The summed E-state index contributed by atoms with van der Waals surface area (Å²) in [5.74, 6) is -0.756. The third kappa shape index (κ3) is 16.3. The Hall–Kier alpha value is -1.66. The molecule has 0 fully saturated rings. The van der Waals surface area contributed by atoms with Gasteiger partial charge in [0.05, 0.1) is 26.1 Å². The zero-order valence-electron chi connectivity index (χ0n) is 11.2. The molecule has 0 bridgehead atoms. The number of esters is 2. The van der Waals surface area contributed by atoms with Crippen molar-refractivity contribution in [1.82, 2.24) is 0 Å². The van der Waals surface area contributed by atoms with Crippen molar-refractivity contribution in [1.29, 1.82) is 0 Å². The Morgan fingerprint density at radius 1 is 1.11 bits per heavy atom. The maximum absolute atomic E-state index is 11.0. The van der Waals surface area contributed by atoms with E-state index in [9.17, 15) is 9.59 Å². The minimum Gasteiger partial charge on any atom is -0.462 e. The van der Waals surface area contributed by atoms with Gasteiger partial charge in [-0.2, -0.15) is 0 Å². The summed E-state index contributed by atoms with van der Waals surface area (Å²) in [7, 11) is 0. The van der Waals surface area contributed by atoms with Crippen molar-refractivity contribution in [2.45, 2.75) is 25.9 Å². The fraction of sp³-hybridized carbons (Fsp3) is 0.538. The molecule has 0 aromatic heterocycles. The molecule has 0 aliphatic heterocycles. The lowest BCUT2D eigenvalue weighted by Crippen LogP contribution is -2.21. The van der Waals surface area contributed by atoms with Gasteiger partial charge in [-0.1, -0.05) is 12.2 Å². The van der Waals surface area contributed by atoms with Crippen LogP contribution in [0.1, 0.15) is 19.8 Å². The van der Waals surface area contributed by atoms with Gasteiger partial charge in [0.15, 0.2) is 0 Å². The second-order valence-corrected chi connectivity index (χ2v) is 3.42. The van der Waals surface area contributed by atoms with E-state index < -0.39 is 6.10 Å². The van der Waals surface area contributed by atoms with Crippen LogP contribution in [0.4, 0.5) is 0 Å². The third-order valence-electron chi connectivity index (χ3n) is 1.53. The summed E-state index contributed by atoms with van der Waals surface area (Å²) in [6.07, 6.45) is 2.79. The zero-order chi connectivity index (χ0) is 15.1. The largest absolute Gasteiger partial charge is 0.462 e. The van der Waals surface area contributed by atoms with Crippen LogP contribution >= 0.6 is 0 Å². The molecule has 0 spiro atoms. The molecule has 0 rings (SSSR count). The highest BCUT2D eigenvalue weighted by molar-refractivity contribution is 5.72. The van der Waals surface area contributed by atoms with Crippen molar-refractivity contribution in [3.05, 3.63) is 25.3 Å². The number of rotatable bonds is 8. The molecule has 6 nitrogen and oxygen atoms in total. The lowest BCUT2D eigenvalue weighted by atomic mass is 10.4. The van der Waals surface area contributed by atoms with E-state index in [0.717, 1.165) is 0 Å². The van der Waals surface area contributed by atoms with Gasteiger partial charge in [-0.25, -0.2) is 0 Å². The molecule has 110 valence electrons. The number of aliphatic hydroxyl groups excluding tert-OH is 2. The first-order valence-electron chi connectivity index (χ1n) is 5.80. The minimum atomic E-state index is -0.439. The zero-order valence-corrected chi connectivity index (χ0v) is 11.2. The number of carbonyl (C=O) groups excluding carboxylic acids is 2. The Labute approximate surface area is 113 Å². The average Bonchev–Trinajstić information content (AvgIpc) is 2.37. The van der Waals surface area contributed by atoms with E-state index in [2.05, 4.69) is 13.2 Å². The number of carbonyl (C=O) groups is 2. The Balaban J connectivity index is 0. The number of ether oxygens (including phenoxy) is 2. The second kappa shape index (κ2) is 14.4. The smallest absolute Gasteiger partial charge is 0.310 e. The summed E-state index contributed by atoms with van der Waals surface area (Å²) in [6.45, 7) is 8.28. The Kier molecular flexibility index (Phi) is 14.9. The van der Waals surface area contributed by atoms with E-state index in [0.29, 0.717) is 0 Å². The van der Waals surface area contributed by atoms with Crippen molar-refractivity contribution >= 4 is 11.9 Å². The van der Waals surface area contributed by atoms with E-state index in [4.69, 9.17) is 19.7 Å². The molecular weight excluding hydrogens is 252 g/mol. The summed E-state index contributed by atoms with van der Waals surface area (Å²) < 4.78 is 9.72. The van der Waals surface area contributed by atoms with Crippen molar-refractivity contribution in [2.75, 3.05) is 19.8 Å². The van der Waals surface area contributed by atoms with Crippen LogP contribution in [-0.2, 0) is 19.1 Å². The van der Waals surface area contributed by atoms with E-state index in [1.54, 1.807) is 6.92 Å². The van der Waals surface area contributed by atoms with Gasteiger partial charge in [-0.15, -0.1) is 13.2 Å². The molecule has 1 unspecified atom stereocenters. The first kappa shape index (κ1) is 19.7. The van der Waals surface area contributed by atoms with Gasteiger partial charge in [0.1, 0.15) is 12.7 Å². The highest BCUT2D eigenvalue weighted by Crippen LogP contribution is 1.97. The molecule has 0 saturated carbocycles. The first-order valence-corrected chi connectivity index (χ1v) is 5.80. The van der Waals surface area contributed by atoms with Crippen LogP contribution in [0, 0.1) is 0 Å². The molecule has 0 aliphatic carbocycles. The van der Waals surface area contributed by atoms with E-state index in [1.807, 2.05) is 0 Å². The van der Waals surface area contributed by atoms with E-state index in [1.165, 1.54) is 12.2 Å². The second-order valence-electron chi connectivity index (χ2n) is 3.42. The molecule has 0 radical (unpaired) electrons. The predicted octanol–water partition coefficient (Wildman–Crippen LogP) is 0.584. The maximum Gasteiger partial charge on any atom is 0.310 e. The average molecular weight is 274 g/mol. The van der Waals surface area contributed by atoms with Crippen molar-refractivity contribution in [3.63, 3.8) is 0 Å². The lowest BCUT2D eigenvalue weighted by molar-refractivity contribution is -0.156. The number of aliphatic hydroxyl groups is 2. The van der Waals surface area contributed by atoms with Crippen molar-refractivity contribution in [3.8, 4) is 0 Å². The molecule has 2 N–H and O–H groups in total. The normalized spacial score (nSPS) is 10.5. The predicted molar refractivity (Wildman–Crippen MR) is 70.3 cm³/mol. The number of hydrogen-bond acceptors (Lipinski definition) is 6. The summed E-state index contributed by atoms with van der Waals surface area (Å²) in [4.78, 5) is 21.9. The standard InChI is InChI=1S/C11H16O4.C2H6O2/c1-4-6-10(12)14-8-9(3)15-11(13)7-5-2;3-1-2-4/h4-5,9H,1-2,6-8H2,3H3;3-4H,1-2H2. The van der Waals surface area contributed by atoms with Crippen LogP contribution in [0.5, 0.6) is 0 Å². The Morgan fingerprint density at radius 3 is 2.00 bits per heavy atom. The Bertz CT molecular complexity index is 272. The molecule has 0 aromatic carbocycles. The fourth-order valence-electron chi connectivity index (χ4n) is 0.811. The molecule has 0 aromatic rings. The summed E-state index contributed by atoms with van der Waals surface area (Å²) >= 11 is 0. The monoisotopic (exact) mass is 274 g/mol. The summed E-state index contributed by atoms with van der Waals surface area (Å²) in [5.41, 5.74) is 0. The topological polar surface area (TPSA) is 93.1 Å². The SMILES string of the molecule is C=CCC(=O)OCC(C)OC(=O)CC=C.OCCO. The molecule has 0 aliphatic rings. The fourth-order valence-corrected chi connectivity index (χ4v) is 0.811. The molecule has 0 heterocycles. The van der Waals surface area contributed by atoms with Gasteiger partial charge in [-0.05, 0) is 6.92 Å². The van der Waals surface area contributed by atoms with E-state index >= 15 is 0 Å². The van der Waals surface area contributed by atoms with Gasteiger partial charge in [-0.3, -0.25) is 9.59 Å². The van der Waals surface area contributed by atoms with Crippen LogP contribution in [0.2, 0.25) is 0 Å². The summed E-state index contributed by atoms with van der Waals surface area (Å²) in [5, 5.41) is 15.2. The van der Waals surface area contributed by atoms with Gasteiger partial charge < -0.3 is 19.7 Å². The molecule has 0 saturated heterocycles. The van der Waals surface area contributed by atoms with Gasteiger partial charge >= 0.3 is 11.9 Å². The van der Waals surface area contributed by atoms with Crippen LogP contribution < -0.4 is 0 Å². The minimum absolute atomic E-state index is 0.0650. The quantitative estimate of drug-likeness (QED) is 0.497. The van der Waals surface area contributed by atoms with Gasteiger partial charge in [0.2, 0.25) is 0 Å². The summed E-state index contributed by atoms with van der Waals surface area (Å²) in [6, 6.07) is 0. The lowest BCUT2D eigenvalue weighted by Gasteiger charge is -2.12. The van der Waals surface area contributed by atoms with Crippen LogP contribution in [0.15, 0.2) is 25.3 Å². The van der Waals surface area contributed by atoms with Crippen LogP contribution in [-0.4, -0.2) is 48.1 Å². The highest BCUT2D eigenvalue weighted by Gasteiger charge is 2.10. The van der Waals surface area contributed by atoms with Crippen LogP contribution in [0.3, 0.4) is 0 Å². The van der Waals surface area contributed by atoms with Gasteiger partial charge in [0, 0.05) is 0 Å². The van der Waals surface area contributed by atoms with E-state index in [-0.39, 0.29) is 44.6 Å². The molecule has 0 amide bonds. The van der Waals surface area contributed by atoms with Crippen LogP contribution in [0.25, 0.3) is 0 Å². The molecule has 6 heteroatoms. The molecule has 1 atom stereocenters. The van der Waals surface area contributed by atoms with Crippen molar-refractivity contribution < 1.29 is 29.3 Å². The highest BCUT2D eigenvalue weighted by atomic mass is 16.6. The number of hydrogen-bond donors (Lipinski definition) is 2. The molecule has 19 heavy (non-hydrogen) atoms. The van der Waals surface area contributed by atoms with Crippen molar-refractivity contribution in [2.24, 2.45) is 0 Å².